The first kappa shape index (κ1) is 28.2. The number of hydrogen-bond donors (Lipinski definition) is 5. The van der Waals surface area contributed by atoms with Gasteiger partial charge in [0, 0.05) is 29.7 Å². The highest BCUT2D eigenvalue weighted by Crippen LogP contribution is 2.31. The average Bonchev–Trinajstić information content (AvgIpc) is 3.11. The summed E-state index contributed by atoms with van der Waals surface area (Å²) in [6.07, 6.45) is 2.15. The van der Waals surface area contributed by atoms with Gasteiger partial charge in [-0.15, -0.1) is 24.8 Å². The third-order valence-corrected chi connectivity index (χ3v) is 5.61. The molecule has 0 radical (unpaired) electrons. The zero-order valence-corrected chi connectivity index (χ0v) is 19.0. The molecule has 2 rings (SSSR count). The van der Waals surface area contributed by atoms with Gasteiger partial charge in [0.25, 0.3) is 0 Å². The molecule has 0 saturated carbocycles. The molecule has 12 heteroatoms. The monoisotopic (exact) mass is 485 g/mol. The number of benzene rings is 1. The fourth-order valence-corrected chi connectivity index (χ4v) is 3.74. The number of nitrogens with zero attached hydrogens (tertiary/aromatic N) is 1. The predicted molar refractivity (Wildman–Crippen MR) is 125 cm³/mol. The van der Waals surface area contributed by atoms with Gasteiger partial charge in [0.1, 0.15) is 5.54 Å². The van der Waals surface area contributed by atoms with E-state index in [0.717, 1.165) is 5.69 Å². The van der Waals surface area contributed by atoms with E-state index in [1.807, 2.05) is 17.0 Å². The maximum absolute atomic E-state index is 11.8. The van der Waals surface area contributed by atoms with Crippen molar-refractivity contribution < 1.29 is 19.9 Å². The summed E-state index contributed by atoms with van der Waals surface area (Å²) in [5.74, 6) is -1.27. The first-order valence-corrected chi connectivity index (χ1v) is 9.71. The second-order valence-electron chi connectivity index (χ2n) is 6.94. The molecule has 1 aromatic rings. The summed E-state index contributed by atoms with van der Waals surface area (Å²) < 4.78 is 0. The lowest BCUT2D eigenvalue weighted by molar-refractivity contribution is -0.145. The van der Waals surface area contributed by atoms with Gasteiger partial charge in [0.05, 0.1) is 0 Å². The topological polar surface area (TPSA) is 119 Å². The molecule has 0 aromatic heterocycles. The van der Waals surface area contributed by atoms with Crippen molar-refractivity contribution in [3.05, 3.63) is 29.3 Å². The van der Waals surface area contributed by atoms with Crippen LogP contribution in [-0.2, 0) is 4.79 Å². The van der Waals surface area contributed by atoms with E-state index in [0.29, 0.717) is 42.5 Å². The highest BCUT2D eigenvalue weighted by molar-refractivity contribution is 7.80. The number of carboxylic acids is 1. The number of rotatable bonds is 8. The number of aliphatic carboxylic acids is 1. The number of carbonyl (C=O) groups is 1. The molecule has 164 valence electrons. The summed E-state index contributed by atoms with van der Waals surface area (Å²) in [4.78, 5) is 13.8. The van der Waals surface area contributed by atoms with Crippen LogP contribution in [0.5, 0.6) is 0 Å². The van der Waals surface area contributed by atoms with Crippen molar-refractivity contribution in [2.45, 2.75) is 37.5 Å². The van der Waals surface area contributed by atoms with Gasteiger partial charge in [-0.1, -0.05) is 24.4 Å². The number of halogens is 3. The Morgan fingerprint density at radius 3 is 2.48 bits per heavy atom. The maximum atomic E-state index is 11.8. The molecule has 29 heavy (non-hydrogen) atoms. The Balaban J connectivity index is 0.00000392. The quantitative estimate of drug-likeness (QED) is 0.216. The number of carboxylic acid groups (broad SMARTS) is 1. The number of thiocarbonyl (C=S) groups is 1. The number of nitrogens with one attached hydrogen (secondary N) is 1. The molecule has 1 unspecified atom stereocenters. The molecule has 1 aromatic carbocycles. The van der Waals surface area contributed by atoms with Gasteiger partial charge in [-0.3, -0.25) is 4.79 Å². The molecular formula is C17H27BCl3N3O4S. The van der Waals surface area contributed by atoms with Crippen LogP contribution < -0.4 is 11.1 Å². The highest BCUT2D eigenvalue weighted by Gasteiger charge is 2.45. The Kier molecular flexibility index (Phi) is 12.4. The van der Waals surface area contributed by atoms with E-state index in [1.165, 1.54) is 0 Å². The number of unbranched alkanes of at least 4 members (excludes halogenated alkanes) is 1. The van der Waals surface area contributed by atoms with E-state index >= 15 is 0 Å². The van der Waals surface area contributed by atoms with Crippen molar-refractivity contribution in [3.8, 4) is 0 Å². The third-order valence-electron chi connectivity index (χ3n) is 5.00. The van der Waals surface area contributed by atoms with Crippen molar-refractivity contribution in [1.29, 1.82) is 0 Å². The second-order valence-corrected chi connectivity index (χ2v) is 7.76. The van der Waals surface area contributed by atoms with Gasteiger partial charge < -0.3 is 31.1 Å². The van der Waals surface area contributed by atoms with Crippen molar-refractivity contribution in [3.63, 3.8) is 0 Å². The second kappa shape index (κ2) is 12.8. The SMILES string of the molecule is Cl.Cl.NC(CCCCB(O)O)(C(=O)O)[C@H]1CCN(C(=S)Nc2ccc(Cl)cc2)C1. The van der Waals surface area contributed by atoms with E-state index in [1.54, 1.807) is 12.1 Å². The predicted octanol–water partition coefficient (Wildman–Crippen LogP) is 2.63. The van der Waals surface area contributed by atoms with E-state index in [2.05, 4.69) is 5.32 Å². The van der Waals surface area contributed by atoms with Crippen molar-refractivity contribution in [2.75, 3.05) is 18.4 Å². The molecule has 0 amide bonds. The molecule has 1 saturated heterocycles. The molecule has 1 fully saturated rings. The van der Waals surface area contributed by atoms with Gasteiger partial charge in [0.15, 0.2) is 5.11 Å². The smallest absolute Gasteiger partial charge is 0.451 e. The third kappa shape index (κ3) is 8.09. The summed E-state index contributed by atoms with van der Waals surface area (Å²) >= 11 is 11.3. The minimum Gasteiger partial charge on any atom is -0.480 e. The standard InChI is InChI=1S/C17H25BClN3O4S.2ClH/c19-13-3-5-14(6-4-13)21-16(27)22-10-7-12(11-22)17(20,15(23)24)8-1-2-9-18(25)26;;/h3-6,12,25-26H,1-2,7-11,20H2,(H,21,27)(H,23,24);2*1H/t12-,17?;;/m0../s1. The zero-order chi connectivity index (χ0) is 20.0. The lowest BCUT2D eigenvalue weighted by Crippen LogP contribution is -2.55. The van der Waals surface area contributed by atoms with Crippen molar-refractivity contribution >= 4 is 72.5 Å². The summed E-state index contributed by atoms with van der Waals surface area (Å²) in [5, 5.41) is 31.8. The van der Waals surface area contributed by atoms with Gasteiger partial charge >= 0.3 is 13.1 Å². The molecule has 7 nitrogen and oxygen atoms in total. The van der Waals surface area contributed by atoms with E-state index in [-0.39, 0.29) is 43.5 Å². The summed E-state index contributed by atoms with van der Waals surface area (Å²) in [7, 11) is -1.37. The summed E-state index contributed by atoms with van der Waals surface area (Å²) in [6, 6.07) is 7.17. The van der Waals surface area contributed by atoms with Gasteiger partial charge in [-0.25, -0.2) is 0 Å². The van der Waals surface area contributed by atoms with E-state index in [9.17, 15) is 9.90 Å². The Hall–Kier alpha value is -0.805. The van der Waals surface area contributed by atoms with Crippen LogP contribution >= 0.6 is 48.6 Å². The maximum Gasteiger partial charge on any atom is 0.451 e. The first-order chi connectivity index (χ1) is 12.7. The number of likely N-dealkylation sites (tertiary alicyclic amines) is 1. The first-order valence-electron chi connectivity index (χ1n) is 8.92. The molecular weight excluding hydrogens is 459 g/mol. The van der Waals surface area contributed by atoms with Crippen molar-refractivity contribution in [1.82, 2.24) is 4.90 Å². The van der Waals surface area contributed by atoms with Crippen molar-refractivity contribution in [2.24, 2.45) is 11.7 Å². The van der Waals surface area contributed by atoms with Crippen LogP contribution in [0.2, 0.25) is 11.3 Å². The fourth-order valence-electron chi connectivity index (χ4n) is 3.33. The molecule has 1 heterocycles. The van der Waals surface area contributed by atoms with Gasteiger partial charge in [-0.2, -0.15) is 0 Å². The van der Waals surface area contributed by atoms with Crippen LogP contribution in [-0.4, -0.2) is 56.9 Å². The molecule has 1 aliphatic heterocycles. The Bertz CT molecular complexity index is 672. The molecule has 0 spiro atoms. The minimum atomic E-state index is -1.37. The number of hydrogen-bond acceptors (Lipinski definition) is 5. The average molecular weight is 487 g/mol. The van der Waals surface area contributed by atoms with Crippen LogP contribution in [0.4, 0.5) is 5.69 Å². The Labute approximate surface area is 193 Å². The van der Waals surface area contributed by atoms with E-state index < -0.39 is 18.6 Å². The number of anilines is 1. The van der Waals surface area contributed by atoms with Crippen LogP contribution in [0.1, 0.15) is 25.7 Å². The van der Waals surface area contributed by atoms with Gasteiger partial charge in [0.2, 0.25) is 0 Å². The zero-order valence-electron chi connectivity index (χ0n) is 15.8. The van der Waals surface area contributed by atoms with E-state index in [4.69, 9.17) is 39.6 Å². The Morgan fingerprint density at radius 1 is 1.31 bits per heavy atom. The summed E-state index contributed by atoms with van der Waals surface area (Å²) in [5.41, 5.74) is 5.72. The Morgan fingerprint density at radius 2 is 1.93 bits per heavy atom. The lowest BCUT2D eigenvalue weighted by atomic mass is 9.77. The molecule has 1 aliphatic rings. The molecule has 0 bridgehead atoms. The highest BCUT2D eigenvalue weighted by atomic mass is 35.5. The van der Waals surface area contributed by atoms with Crippen LogP contribution in [0.15, 0.2) is 24.3 Å². The minimum absolute atomic E-state index is 0. The fraction of sp³-hybridized carbons (Fsp3) is 0.529. The normalized spacial score (nSPS) is 17.5. The van der Waals surface area contributed by atoms with Crippen LogP contribution in [0, 0.1) is 5.92 Å². The van der Waals surface area contributed by atoms with Gasteiger partial charge in [-0.05, 0) is 55.6 Å². The lowest BCUT2D eigenvalue weighted by Gasteiger charge is -2.31. The van der Waals surface area contributed by atoms with Crippen LogP contribution in [0.25, 0.3) is 0 Å². The van der Waals surface area contributed by atoms with Crippen LogP contribution in [0.3, 0.4) is 0 Å². The molecule has 2 atom stereocenters. The summed E-state index contributed by atoms with van der Waals surface area (Å²) in [6.45, 7) is 1.09. The largest absolute Gasteiger partial charge is 0.480 e. The molecule has 0 aliphatic carbocycles. The molecule has 6 N–H and O–H groups in total. The number of nitrogens with two attached hydrogens (primary N) is 1.